The van der Waals surface area contributed by atoms with Crippen LogP contribution in [0.15, 0.2) is 30.3 Å². The SMILES string of the molecule is CNC(Cc1c(Cl)cccc1Cl)c1ccc(Cl)s1. The second-order valence-electron chi connectivity index (χ2n) is 3.89. The maximum atomic E-state index is 6.19. The van der Waals surface area contributed by atoms with Gasteiger partial charge >= 0.3 is 0 Å². The minimum Gasteiger partial charge on any atom is -0.312 e. The number of nitrogens with one attached hydrogen (secondary N) is 1. The third-order valence-electron chi connectivity index (χ3n) is 2.76. The van der Waals surface area contributed by atoms with E-state index in [1.807, 2.05) is 37.4 Å². The van der Waals surface area contributed by atoms with Crippen LogP contribution in [0.4, 0.5) is 0 Å². The van der Waals surface area contributed by atoms with Gasteiger partial charge < -0.3 is 5.32 Å². The molecule has 0 bridgehead atoms. The molecule has 0 saturated heterocycles. The van der Waals surface area contributed by atoms with Crippen LogP contribution in [0.2, 0.25) is 14.4 Å². The van der Waals surface area contributed by atoms with Crippen molar-refractivity contribution in [3.63, 3.8) is 0 Å². The molecule has 1 unspecified atom stereocenters. The maximum absolute atomic E-state index is 6.19. The van der Waals surface area contributed by atoms with Crippen LogP contribution in [0.3, 0.4) is 0 Å². The molecule has 0 aliphatic rings. The molecule has 0 saturated carbocycles. The van der Waals surface area contributed by atoms with Gasteiger partial charge in [-0.25, -0.2) is 0 Å². The van der Waals surface area contributed by atoms with Gasteiger partial charge in [0.2, 0.25) is 0 Å². The molecule has 1 N–H and O–H groups in total. The first kappa shape index (κ1) is 14.2. The zero-order valence-electron chi connectivity index (χ0n) is 9.71. The highest BCUT2D eigenvalue weighted by Gasteiger charge is 2.16. The fourth-order valence-corrected chi connectivity index (χ4v) is 3.51. The van der Waals surface area contributed by atoms with Gasteiger partial charge in [0.1, 0.15) is 0 Å². The first-order chi connectivity index (χ1) is 8.61. The van der Waals surface area contributed by atoms with Crippen LogP contribution in [0.1, 0.15) is 16.5 Å². The Hall–Kier alpha value is -0.250. The number of hydrogen-bond acceptors (Lipinski definition) is 2. The van der Waals surface area contributed by atoms with Crippen LogP contribution in [-0.4, -0.2) is 7.05 Å². The fraction of sp³-hybridized carbons (Fsp3) is 0.231. The normalized spacial score (nSPS) is 12.7. The number of benzene rings is 1. The first-order valence-corrected chi connectivity index (χ1v) is 7.42. The summed E-state index contributed by atoms with van der Waals surface area (Å²) in [5.41, 5.74) is 0.963. The van der Waals surface area contributed by atoms with E-state index >= 15 is 0 Å². The molecule has 0 aliphatic heterocycles. The molecule has 1 aromatic heterocycles. The summed E-state index contributed by atoms with van der Waals surface area (Å²) in [7, 11) is 1.92. The standard InChI is InChI=1S/C13H12Cl3NS/c1-17-11(12-5-6-13(16)18-12)7-8-9(14)3-2-4-10(8)15/h2-6,11,17H,7H2,1H3. The lowest BCUT2D eigenvalue weighted by molar-refractivity contribution is 0.602. The smallest absolute Gasteiger partial charge is 0.0931 e. The molecule has 1 heterocycles. The van der Waals surface area contributed by atoms with Crippen LogP contribution in [0.25, 0.3) is 0 Å². The number of thiophene rings is 1. The molecule has 18 heavy (non-hydrogen) atoms. The lowest BCUT2D eigenvalue weighted by Crippen LogP contribution is -2.18. The Morgan fingerprint density at radius 2 is 1.78 bits per heavy atom. The molecule has 2 rings (SSSR count). The van der Waals surface area contributed by atoms with E-state index in [4.69, 9.17) is 34.8 Å². The monoisotopic (exact) mass is 319 g/mol. The Kier molecular flexibility index (Phi) is 4.93. The topological polar surface area (TPSA) is 12.0 Å². The van der Waals surface area contributed by atoms with Crippen molar-refractivity contribution < 1.29 is 0 Å². The summed E-state index contributed by atoms with van der Waals surface area (Å²) in [4.78, 5) is 1.18. The number of halogens is 3. The summed E-state index contributed by atoms with van der Waals surface area (Å²) >= 11 is 19.9. The Labute approximate surface area is 126 Å². The van der Waals surface area contributed by atoms with Gasteiger partial charge in [-0.3, -0.25) is 0 Å². The number of hydrogen-bond donors (Lipinski definition) is 1. The summed E-state index contributed by atoms with van der Waals surface area (Å²) < 4.78 is 0.788. The average Bonchev–Trinajstić information content (AvgIpc) is 2.76. The van der Waals surface area contributed by atoms with E-state index in [0.29, 0.717) is 10.0 Å². The Morgan fingerprint density at radius 3 is 2.28 bits per heavy atom. The Morgan fingerprint density at radius 1 is 1.11 bits per heavy atom. The molecule has 0 spiro atoms. The average molecular weight is 321 g/mol. The lowest BCUT2D eigenvalue weighted by Gasteiger charge is -2.16. The van der Waals surface area contributed by atoms with Gasteiger partial charge in [-0.15, -0.1) is 11.3 Å². The minimum atomic E-state index is 0.167. The van der Waals surface area contributed by atoms with Crippen LogP contribution >= 0.6 is 46.1 Å². The third-order valence-corrected chi connectivity index (χ3v) is 4.81. The highest BCUT2D eigenvalue weighted by atomic mass is 35.5. The Balaban J connectivity index is 2.26. The minimum absolute atomic E-state index is 0.167. The van der Waals surface area contributed by atoms with Crippen molar-refractivity contribution >= 4 is 46.1 Å². The van der Waals surface area contributed by atoms with Gasteiger partial charge in [0.25, 0.3) is 0 Å². The van der Waals surface area contributed by atoms with E-state index < -0.39 is 0 Å². The second kappa shape index (κ2) is 6.27. The van der Waals surface area contributed by atoms with Gasteiger partial charge in [-0.2, -0.15) is 0 Å². The van der Waals surface area contributed by atoms with Gasteiger partial charge in [0, 0.05) is 21.0 Å². The largest absolute Gasteiger partial charge is 0.312 e. The molecule has 1 aromatic carbocycles. The molecule has 0 fully saturated rings. The highest BCUT2D eigenvalue weighted by Crippen LogP contribution is 2.32. The molecular weight excluding hydrogens is 309 g/mol. The first-order valence-electron chi connectivity index (χ1n) is 5.47. The second-order valence-corrected chi connectivity index (χ2v) is 6.45. The molecule has 0 radical (unpaired) electrons. The molecule has 5 heteroatoms. The molecular formula is C13H12Cl3NS. The van der Waals surface area contributed by atoms with Gasteiger partial charge in [0.05, 0.1) is 4.34 Å². The fourth-order valence-electron chi connectivity index (χ4n) is 1.79. The maximum Gasteiger partial charge on any atom is 0.0931 e. The predicted octanol–water partition coefficient (Wildman–Crippen LogP) is 5.21. The zero-order chi connectivity index (χ0) is 13.1. The summed E-state index contributed by atoms with van der Waals surface area (Å²) in [5, 5.41) is 4.67. The summed E-state index contributed by atoms with van der Waals surface area (Å²) in [6.45, 7) is 0. The molecule has 1 atom stereocenters. The van der Waals surface area contributed by atoms with Crippen molar-refractivity contribution in [1.29, 1.82) is 0 Å². The molecule has 2 aromatic rings. The number of likely N-dealkylation sites (N-methyl/N-ethyl adjacent to an activating group) is 1. The van der Waals surface area contributed by atoms with Gasteiger partial charge in [-0.05, 0) is 43.3 Å². The predicted molar refractivity (Wildman–Crippen MR) is 81.3 cm³/mol. The molecule has 0 amide bonds. The van der Waals surface area contributed by atoms with Crippen molar-refractivity contribution in [2.24, 2.45) is 0 Å². The summed E-state index contributed by atoms with van der Waals surface area (Å²) in [5.74, 6) is 0. The highest BCUT2D eigenvalue weighted by molar-refractivity contribution is 7.16. The van der Waals surface area contributed by atoms with E-state index in [0.717, 1.165) is 16.3 Å². The van der Waals surface area contributed by atoms with Crippen LogP contribution in [0.5, 0.6) is 0 Å². The van der Waals surface area contributed by atoms with Crippen molar-refractivity contribution in [2.45, 2.75) is 12.5 Å². The van der Waals surface area contributed by atoms with E-state index in [2.05, 4.69) is 5.32 Å². The van der Waals surface area contributed by atoms with E-state index in [1.165, 1.54) is 4.88 Å². The molecule has 96 valence electrons. The summed E-state index contributed by atoms with van der Waals surface area (Å²) in [6, 6.07) is 9.66. The number of rotatable bonds is 4. The van der Waals surface area contributed by atoms with E-state index in [-0.39, 0.29) is 6.04 Å². The summed E-state index contributed by atoms with van der Waals surface area (Å²) in [6.07, 6.45) is 0.742. The quantitative estimate of drug-likeness (QED) is 0.815. The third kappa shape index (κ3) is 3.19. The zero-order valence-corrected chi connectivity index (χ0v) is 12.8. The van der Waals surface area contributed by atoms with Crippen molar-refractivity contribution in [3.8, 4) is 0 Å². The van der Waals surface area contributed by atoms with Gasteiger partial charge in [-0.1, -0.05) is 40.9 Å². The van der Waals surface area contributed by atoms with Crippen molar-refractivity contribution in [3.05, 3.63) is 55.2 Å². The Bertz CT molecular complexity index is 519. The van der Waals surface area contributed by atoms with Crippen LogP contribution in [-0.2, 0) is 6.42 Å². The van der Waals surface area contributed by atoms with Gasteiger partial charge in [0.15, 0.2) is 0 Å². The van der Waals surface area contributed by atoms with Crippen LogP contribution < -0.4 is 5.32 Å². The van der Waals surface area contributed by atoms with Crippen LogP contribution in [0, 0.1) is 0 Å². The molecule has 1 nitrogen and oxygen atoms in total. The van der Waals surface area contributed by atoms with Crippen molar-refractivity contribution in [2.75, 3.05) is 7.05 Å². The lowest BCUT2D eigenvalue weighted by atomic mass is 10.0. The van der Waals surface area contributed by atoms with Crippen molar-refractivity contribution in [1.82, 2.24) is 5.32 Å². The van der Waals surface area contributed by atoms with E-state index in [1.54, 1.807) is 11.3 Å². The van der Waals surface area contributed by atoms with E-state index in [9.17, 15) is 0 Å². The molecule has 0 aliphatic carbocycles.